The maximum absolute atomic E-state index is 13.7. The van der Waals surface area contributed by atoms with Crippen molar-refractivity contribution in [2.45, 2.75) is 67.0 Å². The highest BCUT2D eigenvalue weighted by atomic mass is 19.1. The standard InChI is InChI=1S/C30H33F2N3O.2C2H6/c1-4-7-29(34-22(3)33-19-23-8-5-10-26(31)15-12-23)21(2)30(25-13-16-27(32)17-14-25)35-28-11-6-9-24(18-28)20-36;2*1-2/h4,6-9,12-18,26,33,36H,3,5,10-11,19-20H2,1-2H3;2*1-2H3/b7-4-,30-21+,34-29+,35-28?;;. The number of alkyl halides is 1. The summed E-state index contributed by atoms with van der Waals surface area (Å²) in [7, 11) is 0. The molecule has 2 aliphatic carbocycles. The van der Waals surface area contributed by atoms with Gasteiger partial charge in [-0.1, -0.05) is 70.7 Å². The maximum Gasteiger partial charge on any atom is 0.123 e. The van der Waals surface area contributed by atoms with Crippen LogP contribution in [0.5, 0.6) is 0 Å². The van der Waals surface area contributed by atoms with Gasteiger partial charge in [0, 0.05) is 29.8 Å². The summed E-state index contributed by atoms with van der Waals surface area (Å²) in [5, 5.41) is 12.7. The van der Waals surface area contributed by atoms with Gasteiger partial charge in [-0.2, -0.15) is 0 Å². The van der Waals surface area contributed by atoms with Gasteiger partial charge in [0.25, 0.3) is 0 Å². The van der Waals surface area contributed by atoms with Crippen molar-refractivity contribution in [2.75, 3.05) is 13.2 Å². The lowest BCUT2D eigenvalue weighted by Crippen LogP contribution is -2.15. The largest absolute Gasteiger partial charge is 0.392 e. The molecule has 0 bridgehead atoms. The highest BCUT2D eigenvalue weighted by molar-refractivity contribution is 6.14. The van der Waals surface area contributed by atoms with E-state index in [0.717, 1.165) is 28.0 Å². The molecule has 0 saturated carbocycles. The number of rotatable bonds is 9. The number of aliphatic hydroxyl groups is 1. The SMILES string of the molecule is C=C(/N=C(\C=C/C)C(/C)=C(/N=C1C=C(CO)C=CC1)c1ccc(F)cc1)NCC1=CCCC(F)C=C1.CC.CC. The molecule has 1 atom stereocenters. The third-order valence-corrected chi connectivity index (χ3v) is 5.75. The van der Waals surface area contributed by atoms with E-state index in [2.05, 4.69) is 11.9 Å². The highest BCUT2D eigenvalue weighted by Crippen LogP contribution is 2.25. The summed E-state index contributed by atoms with van der Waals surface area (Å²) in [6, 6.07) is 6.19. The molecule has 1 aromatic rings. The van der Waals surface area contributed by atoms with Crippen LogP contribution in [0.2, 0.25) is 0 Å². The summed E-state index contributed by atoms with van der Waals surface area (Å²) >= 11 is 0. The van der Waals surface area contributed by atoms with Crippen molar-refractivity contribution < 1.29 is 13.9 Å². The summed E-state index contributed by atoms with van der Waals surface area (Å²) in [4.78, 5) is 9.60. The van der Waals surface area contributed by atoms with Crippen LogP contribution in [0.15, 0.2) is 112 Å². The van der Waals surface area contributed by atoms with E-state index in [1.807, 2.05) is 78.0 Å². The zero-order valence-corrected chi connectivity index (χ0v) is 24.8. The number of aliphatic imine (C=N–C) groups is 2. The van der Waals surface area contributed by atoms with E-state index in [9.17, 15) is 13.9 Å². The van der Waals surface area contributed by atoms with Crippen molar-refractivity contribution in [1.29, 1.82) is 0 Å². The number of benzene rings is 1. The summed E-state index contributed by atoms with van der Waals surface area (Å²) in [5.41, 5.74) is 5.40. The van der Waals surface area contributed by atoms with Crippen LogP contribution in [-0.2, 0) is 0 Å². The molecule has 2 aliphatic rings. The maximum atomic E-state index is 13.7. The van der Waals surface area contributed by atoms with Crippen molar-refractivity contribution in [3.8, 4) is 0 Å². The summed E-state index contributed by atoms with van der Waals surface area (Å²) in [6.07, 6.45) is 15.7. The van der Waals surface area contributed by atoms with Gasteiger partial charge in [-0.15, -0.1) is 0 Å². The molecule has 0 heterocycles. The number of allylic oxidation sites excluding steroid dienone is 7. The molecule has 6 heteroatoms. The number of hydrogen-bond acceptors (Lipinski definition) is 4. The van der Waals surface area contributed by atoms with Gasteiger partial charge in [0.2, 0.25) is 0 Å². The first-order valence-electron chi connectivity index (χ1n) is 14.1. The molecule has 0 aliphatic heterocycles. The van der Waals surface area contributed by atoms with Gasteiger partial charge in [-0.05, 0) is 74.3 Å². The fraction of sp³-hybridized carbons (Fsp3) is 0.353. The van der Waals surface area contributed by atoms with Gasteiger partial charge in [0.15, 0.2) is 0 Å². The second kappa shape index (κ2) is 19.4. The van der Waals surface area contributed by atoms with Crippen LogP contribution in [0.3, 0.4) is 0 Å². The minimum absolute atomic E-state index is 0.0710. The van der Waals surface area contributed by atoms with E-state index >= 15 is 0 Å². The molecule has 216 valence electrons. The van der Waals surface area contributed by atoms with Crippen molar-refractivity contribution in [2.24, 2.45) is 9.98 Å². The molecular formula is C34H45F2N3O. The molecule has 0 aromatic heterocycles. The predicted molar refractivity (Wildman–Crippen MR) is 169 cm³/mol. The Bertz CT molecular complexity index is 1200. The molecule has 0 saturated heterocycles. The Balaban J connectivity index is 0.00000191. The van der Waals surface area contributed by atoms with E-state index in [-0.39, 0.29) is 12.4 Å². The van der Waals surface area contributed by atoms with Crippen molar-refractivity contribution in [1.82, 2.24) is 5.32 Å². The fourth-order valence-corrected chi connectivity index (χ4v) is 3.81. The Labute approximate surface area is 239 Å². The second-order valence-electron chi connectivity index (χ2n) is 8.60. The van der Waals surface area contributed by atoms with Crippen LogP contribution in [0.1, 0.15) is 66.4 Å². The first kappa shape index (κ1) is 34.4. The Hall–Kier alpha value is -3.64. The molecule has 1 unspecified atom stereocenters. The second-order valence-corrected chi connectivity index (χ2v) is 8.60. The number of nitrogens with one attached hydrogen (secondary N) is 1. The Kier molecular flexibility index (Phi) is 16.7. The van der Waals surface area contributed by atoms with Crippen LogP contribution in [-0.4, -0.2) is 35.9 Å². The quantitative estimate of drug-likeness (QED) is 0.303. The third-order valence-electron chi connectivity index (χ3n) is 5.75. The number of halogens is 2. The van der Waals surface area contributed by atoms with E-state index < -0.39 is 6.17 Å². The van der Waals surface area contributed by atoms with Gasteiger partial charge in [0.1, 0.15) is 17.8 Å². The average Bonchev–Trinajstić information content (AvgIpc) is 3.20. The molecule has 0 fully saturated rings. The lowest BCUT2D eigenvalue weighted by atomic mass is 10.0. The van der Waals surface area contributed by atoms with E-state index in [0.29, 0.717) is 43.0 Å². The van der Waals surface area contributed by atoms with Crippen molar-refractivity contribution >= 4 is 17.1 Å². The summed E-state index contributed by atoms with van der Waals surface area (Å²) < 4.78 is 27.2. The van der Waals surface area contributed by atoms with Crippen LogP contribution >= 0.6 is 0 Å². The zero-order chi connectivity index (χ0) is 29.9. The molecule has 4 nitrogen and oxygen atoms in total. The summed E-state index contributed by atoms with van der Waals surface area (Å²) in [6.45, 7) is 16.3. The molecular weight excluding hydrogens is 504 g/mol. The molecule has 1 aromatic carbocycles. The predicted octanol–water partition coefficient (Wildman–Crippen LogP) is 8.62. The van der Waals surface area contributed by atoms with Crippen molar-refractivity contribution in [3.05, 3.63) is 113 Å². The lowest BCUT2D eigenvalue weighted by molar-refractivity contribution is 0.335. The van der Waals surface area contributed by atoms with E-state index in [1.54, 1.807) is 24.3 Å². The zero-order valence-electron chi connectivity index (χ0n) is 24.8. The minimum Gasteiger partial charge on any atom is -0.392 e. The Morgan fingerprint density at radius 2 is 1.82 bits per heavy atom. The Morgan fingerprint density at radius 1 is 1.12 bits per heavy atom. The number of hydrogen-bond donors (Lipinski definition) is 2. The van der Waals surface area contributed by atoms with E-state index in [1.165, 1.54) is 12.1 Å². The molecule has 0 spiro atoms. The summed E-state index contributed by atoms with van der Waals surface area (Å²) in [5.74, 6) is 0.138. The Morgan fingerprint density at radius 3 is 2.48 bits per heavy atom. The van der Waals surface area contributed by atoms with Crippen LogP contribution < -0.4 is 5.32 Å². The molecule has 0 radical (unpaired) electrons. The van der Waals surface area contributed by atoms with E-state index in [4.69, 9.17) is 9.98 Å². The van der Waals surface area contributed by atoms with Gasteiger partial charge in [-0.3, -0.25) is 4.99 Å². The fourth-order valence-electron chi connectivity index (χ4n) is 3.81. The van der Waals surface area contributed by atoms with Crippen LogP contribution in [0.4, 0.5) is 8.78 Å². The van der Waals surface area contributed by atoms with Crippen LogP contribution in [0.25, 0.3) is 5.70 Å². The normalized spacial score (nSPS) is 18.5. The van der Waals surface area contributed by atoms with Gasteiger partial charge in [-0.25, -0.2) is 13.8 Å². The van der Waals surface area contributed by atoms with Crippen LogP contribution in [0, 0.1) is 5.82 Å². The smallest absolute Gasteiger partial charge is 0.123 e. The lowest BCUT2D eigenvalue weighted by Gasteiger charge is -2.14. The first-order chi connectivity index (χ1) is 19.4. The minimum atomic E-state index is -0.913. The van der Waals surface area contributed by atoms with Gasteiger partial charge >= 0.3 is 0 Å². The third kappa shape index (κ3) is 11.6. The number of nitrogens with zero attached hydrogens (tertiary/aromatic N) is 2. The first-order valence-corrected chi connectivity index (χ1v) is 14.1. The molecule has 3 rings (SSSR count). The van der Waals surface area contributed by atoms with Gasteiger partial charge in [0.05, 0.1) is 18.0 Å². The number of aliphatic hydroxyl groups excluding tert-OH is 1. The molecule has 40 heavy (non-hydrogen) atoms. The molecule has 0 amide bonds. The van der Waals surface area contributed by atoms with Crippen molar-refractivity contribution in [3.63, 3.8) is 0 Å². The monoisotopic (exact) mass is 549 g/mol. The topological polar surface area (TPSA) is 57.0 Å². The highest BCUT2D eigenvalue weighted by Gasteiger charge is 2.13. The average molecular weight is 550 g/mol. The van der Waals surface area contributed by atoms with Gasteiger partial charge < -0.3 is 10.4 Å². The molecule has 2 N–H and O–H groups in total.